The van der Waals surface area contributed by atoms with E-state index >= 15 is 0 Å². The van der Waals surface area contributed by atoms with Crippen LogP contribution in [0.1, 0.15) is 0 Å². The minimum atomic E-state index is 0.137. The van der Waals surface area contributed by atoms with Crippen molar-refractivity contribution in [3.8, 4) is 5.75 Å². The first-order valence-electron chi connectivity index (χ1n) is 3.03. The van der Waals surface area contributed by atoms with E-state index in [0.29, 0.717) is 5.69 Å². The van der Waals surface area contributed by atoms with Crippen LogP contribution in [0, 0.1) is 4.91 Å². The summed E-state index contributed by atoms with van der Waals surface area (Å²) in [7, 11) is 0. The van der Waals surface area contributed by atoms with Gasteiger partial charge in [-0.25, -0.2) is 0 Å². The highest BCUT2D eigenvalue weighted by Gasteiger charge is 2.03. The average molecular weight is 170 g/mol. The van der Waals surface area contributed by atoms with Gasteiger partial charge in [0, 0.05) is 21.0 Å². The third kappa shape index (κ3) is 1.71. The molecule has 2 N–H and O–H groups in total. The molecule has 0 atom stereocenters. The largest absolute Gasteiger partial charge is 0.507 e. The van der Waals surface area contributed by atoms with Gasteiger partial charge in [0.1, 0.15) is 5.75 Å². The van der Waals surface area contributed by atoms with Gasteiger partial charge in [0.2, 0.25) is 0 Å². The molecule has 0 saturated heterocycles. The van der Waals surface area contributed by atoms with Crippen LogP contribution in [-0.2, 0) is 0 Å². The van der Waals surface area contributed by atoms with Crippen LogP contribution in [0.3, 0.4) is 0 Å². The van der Waals surface area contributed by atoms with E-state index in [2.05, 4.69) is 0 Å². The van der Waals surface area contributed by atoms with Gasteiger partial charge in [-0.2, -0.15) is 0 Å². The third-order valence-electron chi connectivity index (χ3n) is 1.30. The van der Waals surface area contributed by atoms with Crippen molar-refractivity contribution >= 4 is 17.4 Å². The van der Waals surface area contributed by atoms with Crippen LogP contribution < -0.4 is 5.18 Å². The first-order valence-corrected chi connectivity index (χ1v) is 4.25. The van der Waals surface area contributed by atoms with Crippen molar-refractivity contribution in [2.75, 3.05) is 6.26 Å². The van der Waals surface area contributed by atoms with Gasteiger partial charge >= 0.3 is 0 Å². The molecular weight excluding hydrogens is 162 g/mol. The van der Waals surface area contributed by atoms with Crippen LogP contribution in [-0.4, -0.2) is 11.4 Å². The molecule has 1 aromatic rings. The van der Waals surface area contributed by atoms with Crippen LogP contribution >= 0.6 is 11.8 Å². The zero-order valence-electron chi connectivity index (χ0n) is 6.00. The number of phenolic OH excluding ortho intramolecular Hbond substituents is 1. The number of hydrogen-bond donors (Lipinski definition) is 2. The molecule has 11 heavy (non-hydrogen) atoms. The third-order valence-corrected chi connectivity index (χ3v) is 2.08. The SMILES string of the molecule is CSc1ccc([NH+]=O)cc1O. The number of thioether (sulfide) groups is 1. The van der Waals surface area contributed by atoms with Crippen LogP contribution in [0.25, 0.3) is 0 Å². The van der Waals surface area contributed by atoms with Crippen molar-refractivity contribution in [3.63, 3.8) is 0 Å². The summed E-state index contributed by atoms with van der Waals surface area (Å²) in [5.74, 6) is 0.137. The molecule has 0 unspecified atom stereocenters. The van der Waals surface area contributed by atoms with Crippen LogP contribution in [0.15, 0.2) is 23.1 Å². The molecule has 0 aliphatic heterocycles. The maximum atomic E-state index is 10.1. The summed E-state index contributed by atoms with van der Waals surface area (Å²) in [5, 5.41) is 10.9. The number of nitroso groups, excluding NO2 is 1. The molecule has 0 aromatic heterocycles. The maximum Gasteiger partial charge on any atom is 0.257 e. The zero-order valence-corrected chi connectivity index (χ0v) is 6.81. The number of benzene rings is 1. The molecule has 0 amide bonds. The lowest BCUT2D eigenvalue weighted by Crippen LogP contribution is -2.55. The smallest absolute Gasteiger partial charge is 0.257 e. The molecule has 0 fully saturated rings. The van der Waals surface area contributed by atoms with Gasteiger partial charge in [0.05, 0.1) is 6.07 Å². The van der Waals surface area contributed by atoms with E-state index in [9.17, 15) is 10.0 Å². The second kappa shape index (κ2) is 3.39. The number of phenols is 1. The fraction of sp³-hybridized carbons (Fsp3) is 0.143. The van der Waals surface area contributed by atoms with Crippen molar-refractivity contribution in [2.45, 2.75) is 4.90 Å². The Hall–Kier alpha value is -1.03. The Morgan fingerprint density at radius 3 is 2.73 bits per heavy atom. The number of hydrogen-bond acceptors (Lipinski definition) is 3. The molecule has 0 saturated carbocycles. The predicted octanol–water partition coefficient (Wildman–Crippen LogP) is 0.593. The summed E-state index contributed by atoms with van der Waals surface area (Å²) in [6.07, 6.45) is 1.86. The van der Waals surface area contributed by atoms with Gasteiger partial charge in [-0.05, 0) is 12.3 Å². The molecule has 0 heterocycles. The quantitative estimate of drug-likeness (QED) is 0.639. The summed E-state index contributed by atoms with van der Waals surface area (Å²) in [4.78, 5) is 10.9. The van der Waals surface area contributed by atoms with Gasteiger partial charge in [-0.1, -0.05) is 0 Å². The first-order chi connectivity index (χ1) is 5.27. The number of aromatic hydroxyl groups is 1. The van der Waals surface area contributed by atoms with Gasteiger partial charge in [-0.3, -0.25) is 0 Å². The summed E-state index contributed by atoms with van der Waals surface area (Å²) in [6.45, 7) is 0. The first kappa shape index (κ1) is 8.07. The fourth-order valence-electron chi connectivity index (χ4n) is 0.753. The number of nitrogens with one attached hydrogen (secondary N) is 1. The lowest BCUT2D eigenvalue weighted by molar-refractivity contribution is -0.379. The zero-order chi connectivity index (χ0) is 8.27. The lowest BCUT2D eigenvalue weighted by atomic mass is 10.3. The second-order valence-corrected chi connectivity index (χ2v) is 2.84. The Bertz CT molecular complexity index is 275. The minimum Gasteiger partial charge on any atom is -0.507 e. The molecule has 1 rings (SSSR count). The van der Waals surface area contributed by atoms with Crippen LogP contribution in [0.4, 0.5) is 5.69 Å². The molecule has 58 valence electrons. The summed E-state index contributed by atoms with van der Waals surface area (Å²) in [6, 6.07) is 4.72. The molecule has 0 radical (unpaired) electrons. The van der Waals surface area contributed by atoms with E-state index in [4.69, 9.17) is 0 Å². The average Bonchev–Trinajstić information content (AvgIpc) is 2.04. The Morgan fingerprint density at radius 1 is 1.55 bits per heavy atom. The molecule has 0 spiro atoms. The van der Waals surface area contributed by atoms with E-state index in [-0.39, 0.29) is 5.75 Å². The summed E-state index contributed by atoms with van der Waals surface area (Å²) >= 11 is 1.43. The lowest BCUT2D eigenvalue weighted by Gasteiger charge is -1.96. The van der Waals surface area contributed by atoms with E-state index in [0.717, 1.165) is 4.90 Å². The van der Waals surface area contributed by atoms with Crippen molar-refractivity contribution < 1.29 is 10.3 Å². The monoisotopic (exact) mass is 170 g/mol. The van der Waals surface area contributed by atoms with Gasteiger partial charge in [-0.15, -0.1) is 11.8 Å². The second-order valence-electron chi connectivity index (χ2n) is 1.99. The van der Waals surface area contributed by atoms with E-state index in [1.165, 1.54) is 17.8 Å². The van der Waals surface area contributed by atoms with E-state index < -0.39 is 0 Å². The topological polar surface area (TPSA) is 51.3 Å². The summed E-state index contributed by atoms with van der Waals surface area (Å²) in [5.41, 5.74) is 0.375. The molecule has 4 heteroatoms. The van der Waals surface area contributed by atoms with E-state index in [1.807, 2.05) is 6.26 Å². The summed E-state index contributed by atoms with van der Waals surface area (Å²) < 4.78 is 0. The molecule has 1 aromatic carbocycles. The van der Waals surface area contributed by atoms with E-state index in [1.54, 1.807) is 17.3 Å². The molecular formula is C7H8NO2S+. The highest BCUT2D eigenvalue weighted by molar-refractivity contribution is 7.98. The highest BCUT2D eigenvalue weighted by atomic mass is 32.2. The Labute approximate surface area is 68.4 Å². The fourth-order valence-corrected chi connectivity index (χ4v) is 1.23. The van der Waals surface area contributed by atoms with Crippen molar-refractivity contribution in [1.29, 1.82) is 0 Å². The highest BCUT2D eigenvalue weighted by Crippen LogP contribution is 2.27. The molecule has 0 aliphatic rings. The van der Waals surface area contributed by atoms with Crippen molar-refractivity contribution in [2.24, 2.45) is 0 Å². The Balaban J connectivity index is 3.09. The number of rotatable bonds is 2. The van der Waals surface area contributed by atoms with Gasteiger partial charge in [0.25, 0.3) is 5.69 Å². The standard InChI is InChI=1S/C7H7NO2S/c1-11-7-3-2-5(8-10)4-6(7)9/h2-4,9H,1H3/p+1. The normalized spacial score (nSPS) is 9.55. The van der Waals surface area contributed by atoms with Crippen molar-refractivity contribution in [1.82, 2.24) is 0 Å². The molecule has 3 nitrogen and oxygen atoms in total. The molecule has 0 bridgehead atoms. The Kier molecular flexibility index (Phi) is 2.48. The predicted molar refractivity (Wildman–Crippen MR) is 43.9 cm³/mol. The van der Waals surface area contributed by atoms with Gasteiger partial charge < -0.3 is 5.11 Å². The van der Waals surface area contributed by atoms with Crippen LogP contribution in [0.5, 0.6) is 5.75 Å². The minimum absolute atomic E-state index is 0.137. The van der Waals surface area contributed by atoms with Crippen molar-refractivity contribution in [3.05, 3.63) is 23.1 Å². The van der Waals surface area contributed by atoms with Crippen LogP contribution in [0.2, 0.25) is 0 Å². The molecule has 0 aliphatic carbocycles. The van der Waals surface area contributed by atoms with Gasteiger partial charge in [0.15, 0.2) is 0 Å². The Morgan fingerprint density at radius 2 is 2.27 bits per heavy atom. The maximum absolute atomic E-state index is 10.1.